The smallest absolute Gasteiger partial charge is 0.119 e. The van der Waals surface area contributed by atoms with Gasteiger partial charge in [-0.25, -0.2) is 0 Å². The van der Waals surface area contributed by atoms with Crippen LogP contribution in [-0.2, 0) is 11.2 Å². The van der Waals surface area contributed by atoms with E-state index in [1.54, 1.807) is 0 Å². The van der Waals surface area contributed by atoms with Crippen molar-refractivity contribution >= 4 is 0 Å². The van der Waals surface area contributed by atoms with Gasteiger partial charge in [-0.3, -0.25) is 0 Å². The molecule has 1 atom stereocenters. The first-order chi connectivity index (χ1) is 10.4. The third kappa shape index (κ3) is 6.52. The van der Waals surface area contributed by atoms with E-state index in [1.807, 2.05) is 0 Å². The molecule has 1 aromatic carbocycles. The summed E-state index contributed by atoms with van der Waals surface area (Å²) < 4.78 is 11.5. The Morgan fingerprint density at radius 3 is 2.57 bits per heavy atom. The molecule has 0 aromatic heterocycles. The van der Waals surface area contributed by atoms with Crippen molar-refractivity contribution in [2.24, 2.45) is 0 Å². The molecule has 2 heteroatoms. The number of ether oxygens (including phenoxy) is 2. The molecule has 1 aliphatic rings. The van der Waals surface area contributed by atoms with E-state index in [2.05, 4.69) is 31.2 Å². The number of benzene rings is 1. The largest absolute Gasteiger partial charge is 0.491 e. The fraction of sp³-hybridized carbons (Fsp3) is 0.684. The molecule has 0 N–H and O–H groups in total. The molecule has 2 nitrogen and oxygen atoms in total. The Morgan fingerprint density at radius 1 is 1.05 bits per heavy atom. The summed E-state index contributed by atoms with van der Waals surface area (Å²) in [5.74, 6) is 0.971. The molecular weight excluding hydrogens is 260 g/mol. The minimum absolute atomic E-state index is 0.289. The number of rotatable bonds is 9. The molecule has 0 radical (unpaired) electrons. The summed E-state index contributed by atoms with van der Waals surface area (Å²) in [5.41, 5.74) is 1.42. The molecule has 1 aliphatic heterocycles. The van der Waals surface area contributed by atoms with Crippen LogP contribution in [0.1, 0.15) is 63.9 Å². The van der Waals surface area contributed by atoms with E-state index in [9.17, 15) is 0 Å². The Hall–Kier alpha value is -1.02. The number of hydrogen-bond donors (Lipinski definition) is 0. The van der Waals surface area contributed by atoms with Crippen LogP contribution in [-0.4, -0.2) is 19.3 Å². The predicted molar refractivity (Wildman–Crippen MR) is 88.0 cm³/mol. The van der Waals surface area contributed by atoms with E-state index in [1.165, 1.54) is 56.9 Å². The summed E-state index contributed by atoms with van der Waals surface area (Å²) in [6.45, 7) is 3.85. The topological polar surface area (TPSA) is 18.5 Å². The standard InChI is InChI=1S/C19H30O2/c1-2-3-4-5-6-9-17-11-13-18(14-12-17)21-16-19-10-7-8-15-20-19/h11-14,19H,2-10,15-16H2,1H3. The van der Waals surface area contributed by atoms with E-state index in [4.69, 9.17) is 9.47 Å². The van der Waals surface area contributed by atoms with Gasteiger partial charge in [0.2, 0.25) is 0 Å². The lowest BCUT2D eigenvalue weighted by Gasteiger charge is -2.22. The second-order valence-electron chi connectivity index (χ2n) is 6.11. The summed E-state index contributed by atoms with van der Waals surface area (Å²) in [5, 5.41) is 0. The van der Waals surface area contributed by atoms with Gasteiger partial charge in [-0.05, 0) is 49.8 Å². The summed E-state index contributed by atoms with van der Waals surface area (Å²) in [7, 11) is 0. The Balaban J connectivity index is 1.64. The van der Waals surface area contributed by atoms with Gasteiger partial charge in [0.25, 0.3) is 0 Å². The van der Waals surface area contributed by atoms with Crippen LogP contribution in [0.4, 0.5) is 0 Å². The van der Waals surface area contributed by atoms with Gasteiger partial charge >= 0.3 is 0 Å². The molecule has 1 aromatic rings. The highest BCUT2D eigenvalue weighted by Gasteiger charge is 2.14. The van der Waals surface area contributed by atoms with Gasteiger partial charge in [-0.1, -0.05) is 44.7 Å². The zero-order chi connectivity index (χ0) is 14.8. The minimum atomic E-state index is 0.289. The molecule has 21 heavy (non-hydrogen) atoms. The Kier molecular flexibility index (Phi) is 7.66. The molecule has 0 spiro atoms. The summed E-state index contributed by atoms with van der Waals surface area (Å²) in [4.78, 5) is 0. The Labute approximate surface area is 129 Å². The van der Waals surface area contributed by atoms with Gasteiger partial charge < -0.3 is 9.47 Å². The van der Waals surface area contributed by atoms with Crippen molar-refractivity contribution in [3.05, 3.63) is 29.8 Å². The van der Waals surface area contributed by atoms with E-state index < -0.39 is 0 Å². The summed E-state index contributed by atoms with van der Waals surface area (Å²) >= 11 is 0. The zero-order valence-electron chi connectivity index (χ0n) is 13.5. The van der Waals surface area contributed by atoms with Crippen molar-refractivity contribution in [3.63, 3.8) is 0 Å². The van der Waals surface area contributed by atoms with Crippen LogP contribution in [0.5, 0.6) is 5.75 Å². The lowest BCUT2D eigenvalue weighted by Crippen LogP contribution is -2.25. The molecular formula is C19H30O2. The van der Waals surface area contributed by atoms with Gasteiger partial charge in [0.05, 0.1) is 6.10 Å². The highest BCUT2D eigenvalue weighted by molar-refractivity contribution is 5.27. The van der Waals surface area contributed by atoms with E-state index in [-0.39, 0.29) is 6.10 Å². The van der Waals surface area contributed by atoms with Gasteiger partial charge in [-0.2, -0.15) is 0 Å². The van der Waals surface area contributed by atoms with Crippen molar-refractivity contribution in [1.82, 2.24) is 0 Å². The molecule has 0 bridgehead atoms. The number of unbranched alkanes of at least 4 members (excludes halogenated alkanes) is 4. The maximum atomic E-state index is 5.83. The van der Waals surface area contributed by atoms with Crippen molar-refractivity contribution in [1.29, 1.82) is 0 Å². The van der Waals surface area contributed by atoms with Crippen molar-refractivity contribution in [2.45, 2.75) is 70.8 Å². The number of hydrogen-bond acceptors (Lipinski definition) is 2. The molecule has 1 saturated heterocycles. The van der Waals surface area contributed by atoms with Crippen LogP contribution in [0.3, 0.4) is 0 Å². The van der Waals surface area contributed by atoms with Crippen LogP contribution in [0.25, 0.3) is 0 Å². The highest BCUT2D eigenvalue weighted by Crippen LogP contribution is 2.17. The first kappa shape index (κ1) is 16.4. The van der Waals surface area contributed by atoms with Crippen LogP contribution in [0, 0.1) is 0 Å². The van der Waals surface area contributed by atoms with Gasteiger partial charge in [0, 0.05) is 6.61 Å². The maximum absolute atomic E-state index is 5.83. The average Bonchev–Trinajstić information content (AvgIpc) is 2.55. The zero-order valence-corrected chi connectivity index (χ0v) is 13.5. The lowest BCUT2D eigenvalue weighted by atomic mass is 10.1. The monoisotopic (exact) mass is 290 g/mol. The second kappa shape index (κ2) is 9.83. The molecule has 1 unspecified atom stereocenters. The van der Waals surface area contributed by atoms with Crippen LogP contribution in [0.2, 0.25) is 0 Å². The molecule has 0 amide bonds. The molecule has 118 valence electrons. The molecule has 0 saturated carbocycles. The Morgan fingerprint density at radius 2 is 1.86 bits per heavy atom. The first-order valence-electron chi connectivity index (χ1n) is 8.72. The van der Waals surface area contributed by atoms with Gasteiger partial charge in [0.15, 0.2) is 0 Å². The van der Waals surface area contributed by atoms with Crippen LogP contribution < -0.4 is 4.74 Å². The predicted octanol–water partition coefficient (Wildman–Crippen LogP) is 5.15. The van der Waals surface area contributed by atoms with Crippen molar-refractivity contribution in [2.75, 3.05) is 13.2 Å². The molecule has 1 fully saturated rings. The van der Waals surface area contributed by atoms with Gasteiger partial charge in [-0.15, -0.1) is 0 Å². The number of aryl methyl sites for hydroxylation is 1. The Bertz CT molecular complexity index is 366. The fourth-order valence-corrected chi connectivity index (χ4v) is 2.81. The first-order valence-corrected chi connectivity index (χ1v) is 8.72. The van der Waals surface area contributed by atoms with Crippen LogP contribution in [0.15, 0.2) is 24.3 Å². The van der Waals surface area contributed by atoms with E-state index in [0.717, 1.165) is 18.8 Å². The lowest BCUT2D eigenvalue weighted by molar-refractivity contribution is -0.0110. The second-order valence-corrected chi connectivity index (χ2v) is 6.11. The minimum Gasteiger partial charge on any atom is -0.491 e. The average molecular weight is 290 g/mol. The molecule has 0 aliphatic carbocycles. The fourth-order valence-electron chi connectivity index (χ4n) is 2.81. The summed E-state index contributed by atoms with van der Waals surface area (Å²) in [6.07, 6.45) is 11.8. The van der Waals surface area contributed by atoms with Gasteiger partial charge in [0.1, 0.15) is 12.4 Å². The quantitative estimate of drug-likeness (QED) is 0.586. The maximum Gasteiger partial charge on any atom is 0.119 e. The molecule has 1 heterocycles. The highest BCUT2D eigenvalue weighted by atomic mass is 16.5. The van der Waals surface area contributed by atoms with Crippen molar-refractivity contribution < 1.29 is 9.47 Å². The normalized spacial score (nSPS) is 18.6. The van der Waals surface area contributed by atoms with Crippen LogP contribution >= 0.6 is 0 Å². The third-order valence-electron chi connectivity index (χ3n) is 4.20. The summed E-state index contributed by atoms with van der Waals surface area (Å²) in [6, 6.07) is 8.61. The van der Waals surface area contributed by atoms with Crippen molar-refractivity contribution in [3.8, 4) is 5.75 Å². The van der Waals surface area contributed by atoms with E-state index >= 15 is 0 Å². The molecule has 2 rings (SSSR count). The SMILES string of the molecule is CCCCCCCc1ccc(OCC2CCCCO2)cc1. The van der Waals surface area contributed by atoms with E-state index in [0.29, 0.717) is 6.61 Å². The third-order valence-corrected chi connectivity index (χ3v) is 4.20.